The molecule has 35 heavy (non-hydrogen) atoms. The van der Waals surface area contributed by atoms with Gasteiger partial charge < -0.3 is 19.5 Å². The van der Waals surface area contributed by atoms with E-state index in [1.165, 1.54) is 31.4 Å². The smallest absolute Gasteiger partial charge is 0.343 e. The number of methoxy groups -OCH3 is 1. The van der Waals surface area contributed by atoms with Gasteiger partial charge in [-0.2, -0.15) is 0 Å². The number of amides is 1. The van der Waals surface area contributed by atoms with E-state index in [4.69, 9.17) is 14.2 Å². The summed E-state index contributed by atoms with van der Waals surface area (Å²) in [6.07, 6.45) is -0.283. The molecule has 3 rings (SSSR count). The Labute approximate surface area is 202 Å². The molecule has 0 aliphatic carbocycles. The van der Waals surface area contributed by atoms with E-state index in [2.05, 4.69) is 5.32 Å². The fourth-order valence-corrected chi connectivity index (χ4v) is 3.04. The number of carbonyl (C=O) groups excluding carboxylic acids is 4. The van der Waals surface area contributed by atoms with Crippen molar-refractivity contribution >= 4 is 29.3 Å². The number of hydrogen-bond donors (Lipinski definition) is 1. The second kappa shape index (κ2) is 12.1. The van der Waals surface area contributed by atoms with Crippen molar-refractivity contribution in [1.29, 1.82) is 0 Å². The second-order valence-electron chi connectivity index (χ2n) is 7.61. The molecule has 0 radical (unpaired) electrons. The average molecular weight is 475 g/mol. The molecule has 0 saturated heterocycles. The van der Waals surface area contributed by atoms with Crippen molar-refractivity contribution in [2.24, 2.45) is 0 Å². The van der Waals surface area contributed by atoms with E-state index >= 15 is 0 Å². The number of para-hydroxylation sites is 2. The molecule has 0 aliphatic heterocycles. The lowest BCUT2D eigenvalue weighted by Crippen LogP contribution is -2.17. The third kappa shape index (κ3) is 7.53. The topological polar surface area (TPSA) is 108 Å². The number of Topliss-reactive ketones (excluding diaryl/α,β-unsaturated/α-hetero) is 1. The molecule has 0 heterocycles. The van der Waals surface area contributed by atoms with Gasteiger partial charge in [0.05, 0.1) is 24.8 Å². The quantitative estimate of drug-likeness (QED) is 0.264. The molecule has 0 saturated carbocycles. The Balaban J connectivity index is 1.42. The first-order chi connectivity index (χ1) is 16.9. The predicted octanol–water partition coefficient (Wildman–Crippen LogP) is 4.37. The van der Waals surface area contributed by atoms with Gasteiger partial charge >= 0.3 is 11.9 Å². The number of ketones is 1. The summed E-state index contributed by atoms with van der Waals surface area (Å²) in [6, 6.07) is 19.8. The summed E-state index contributed by atoms with van der Waals surface area (Å²) >= 11 is 0. The summed E-state index contributed by atoms with van der Waals surface area (Å²) in [6.45, 7) is 1.46. The van der Waals surface area contributed by atoms with Crippen LogP contribution in [0.2, 0.25) is 0 Å². The Morgan fingerprint density at radius 3 is 2.14 bits per heavy atom. The van der Waals surface area contributed by atoms with Crippen LogP contribution in [0, 0.1) is 6.92 Å². The van der Waals surface area contributed by atoms with E-state index in [1.54, 1.807) is 36.4 Å². The molecule has 0 aliphatic rings. The Kier molecular flexibility index (Phi) is 8.72. The fourth-order valence-electron chi connectivity index (χ4n) is 3.04. The number of aryl methyl sites for hydroxylation is 1. The Hall–Kier alpha value is -4.46. The van der Waals surface area contributed by atoms with Crippen molar-refractivity contribution in [3.05, 3.63) is 89.5 Å². The van der Waals surface area contributed by atoms with Crippen LogP contribution in [0.1, 0.15) is 39.1 Å². The molecule has 180 valence electrons. The zero-order valence-corrected chi connectivity index (χ0v) is 19.4. The molecule has 0 aromatic heterocycles. The number of benzene rings is 3. The van der Waals surface area contributed by atoms with Gasteiger partial charge in [0.15, 0.2) is 12.4 Å². The number of rotatable bonds is 10. The highest BCUT2D eigenvalue weighted by Crippen LogP contribution is 2.23. The molecule has 8 heteroatoms. The van der Waals surface area contributed by atoms with Crippen molar-refractivity contribution in [3.8, 4) is 11.5 Å². The highest BCUT2D eigenvalue weighted by Gasteiger charge is 2.14. The van der Waals surface area contributed by atoms with E-state index in [-0.39, 0.29) is 24.5 Å². The van der Waals surface area contributed by atoms with Gasteiger partial charge in [0.2, 0.25) is 5.91 Å². The van der Waals surface area contributed by atoms with E-state index in [0.717, 1.165) is 5.56 Å². The number of hydrogen-bond acceptors (Lipinski definition) is 7. The van der Waals surface area contributed by atoms with Crippen LogP contribution in [-0.2, 0) is 14.3 Å². The summed E-state index contributed by atoms with van der Waals surface area (Å²) in [5, 5.41) is 2.66. The predicted molar refractivity (Wildman–Crippen MR) is 129 cm³/mol. The summed E-state index contributed by atoms with van der Waals surface area (Å²) in [5.74, 6) is -1.19. The van der Waals surface area contributed by atoms with Crippen LogP contribution in [0.25, 0.3) is 0 Å². The van der Waals surface area contributed by atoms with E-state index in [0.29, 0.717) is 22.6 Å². The SMILES string of the molecule is COc1ccccc1NC(=O)CCC(=O)OCC(=O)c1ccc(OC(=O)c2ccc(C)cc2)cc1. The zero-order chi connectivity index (χ0) is 25.2. The first kappa shape index (κ1) is 25.2. The molecule has 8 nitrogen and oxygen atoms in total. The lowest BCUT2D eigenvalue weighted by molar-refractivity contribution is -0.143. The van der Waals surface area contributed by atoms with Crippen LogP contribution >= 0.6 is 0 Å². The van der Waals surface area contributed by atoms with Crippen molar-refractivity contribution in [3.63, 3.8) is 0 Å². The maximum atomic E-state index is 12.3. The third-order valence-electron chi connectivity index (χ3n) is 4.98. The van der Waals surface area contributed by atoms with Gasteiger partial charge in [0.1, 0.15) is 11.5 Å². The van der Waals surface area contributed by atoms with Crippen LogP contribution in [0.15, 0.2) is 72.8 Å². The molecule has 3 aromatic carbocycles. The lowest BCUT2D eigenvalue weighted by Gasteiger charge is -2.09. The summed E-state index contributed by atoms with van der Waals surface area (Å²) < 4.78 is 15.5. The van der Waals surface area contributed by atoms with Crippen molar-refractivity contribution in [2.75, 3.05) is 19.0 Å². The molecule has 0 atom stereocenters. The van der Waals surface area contributed by atoms with Gasteiger partial charge in [-0.05, 0) is 55.5 Å². The minimum Gasteiger partial charge on any atom is -0.495 e. The largest absolute Gasteiger partial charge is 0.495 e. The monoisotopic (exact) mass is 475 g/mol. The standard InChI is InChI=1S/C27H25NO7/c1-18-7-9-20(10-8-18)27(32)35-21-13-11-19(12-14-21)23(29)17-34-26(31)16-15-25(30)28-22-5-3-4-6-24(22)33-2/h3-14H,15-17H2,1-2H3,(H,28,30). The van der Waals surface area contributed by atoms with Crippen LogP contribution in [-0.4, -0.2) is 37.3 Å². The maximum absolute atomic E-state index is 12.3. The molecule has 0 spiro atoms. The van der Waals surface area contributed by atoms with Gasteiger partial charge in [-0.25, -0.2) is 4.79 Å². The highest BCUT2D eigenvalue weighted by atomic mass is 16.5. The second-order valence-corrected chi connectivity index (χ2v) is 7.61. The first-order valence-electron chi connectivity index (χ1n) is 10.9. The average Bonchev–Trinajstić information content (AvgIpc) is 2.87. The van der Waals surface area contributed by atoms with E-state index in [1.807, 2.05) is 19.1 Å². The summed E-state index contributed by atoms with van der Waals surface area (Å²) in [7, 11) is 1.49. The minimum atomic E-state index is -0.669. The molecule has 1 amide bonds. The number of anilines is 1. The first-order valence-corrected chi connectivity index (χ1v) is 10.9. The van der Waals surface area contributed by atoms with E-state index < -0.39 is 24.3 Å². The number of nitrogens with one attached hydrogen (secondary N) is 1. The molecular weight excluding hydrogens is 450 g/mol. The highest BCUT2D eigenvalue weighted by molar-refractivity contribution is 5.98. The van der Waals surface area contributed by atoms with Crippen molar-refractivity contribution in [1.82, 2.24) is 0 Å². The molecule has 0 unspecified atom stereocenters. The lowest BCUT2D eigenvalue weighted by atomic mass is 10.1. The van der Waals surface area contributed by atoms with Crippen LogP contribution in [0.5, 0.6) is 11.5 Å². The molecular formula is C27H25NO7. The van der Waals surface area contributed by atoms with E-state index in [9.17, 15) is 19.2 Å². The minimum absolute atomic E-state index is 0.105. The summed E-state index contributed by atoms with van der Waals surface area (Å²) in [4.78, 5) is 48.5. The van der Waals surface area contributed by atoms with Crippen molar-refractivity contribution < 1.29 is 33.4 Å². The zero-order valence-electron chi connectivity index (χ0n) is 19.4. The molecule has 0 bridgehead atoms. The number of ether oxygens (including phenoxy) is 3. The summed E-state index contributed by atoms with van der Waals surface area (Å²) in [5.41, 5.74) is 2.24. The molecule has 1 N–H and O–H groups in total. The normalized spacial score (nSPS) is 10.2. The fraction of sp³-hybridized carbons (Fsp3) is 0.185. The maximum Gasteiger partial charge on any atom is 0.343 e. The Morgan fingerprint density at radius 1 is 0.800 bits per heavy atom. The number of esters is 2. The molecule has 3 aromatic rings. The van der Waals surface area contributed by atoms with Crippen LogP contribution < -0.4 is 14.8 Å². The van der Waals surface area contributed by atoms with Gasteiger partial charge in [0.25, 0.3) is 0 Å². The van der Waals surface area contributed by atoms with Gasteiger partial charge in [0, 0.05) is 12.0 Å². The Bertz CT molecular complexity index is 1200. The number of carbonyl (C=O) groups is 4. The third-order valence-corrected chi connectivity index (χ3v) is 4.98. The van der Waals surface area contributed by atoms with Crippen LogP contribution in [0.4, 0.5) is 5.69 Å². The molecule has 0 fully saturated rings. The van der Waals surface area contributed by atoms with Gasteiger partial charge in [-0.3, -0.25) is 14.4 Å². The van der Waals surface area contributed by atoms with Crippen LogP contribution in [0.3, 0.4) is 0 Å². The van der Waals surface area contributed by atoms with Gasteiger partial charge in [-0.1, -0.05) is 29.8 Å². The van der Waals surface area contributed by atoms with Crippen molar-refractivity contribution in [2.45, 2.75) is 19.8 Å². The Morgan fingerprint density at radius 2 is 1.46 bits per heavy atom. The van der Waals surface area contributed by atoms with Gasteiger partial charge in [-0.15, -0.1) is 0 Å².